The summed E-state index contributed by atoms with van der Waals surface area (Å²) in [6, 6.07) is 9.11. The van der Waals surface area contributed by atoms with E-state index in [-0.39, 0.29) is 22.9 Å². The van der Waals surface area contributed by atoms with E-state index < -0.39 is 11.9 Å². The van der Waals surface area contributed by atoms with E-state index in [2.05, 4.69) is 5.32 Å². The van der Waals surface area contributed by atoms with Crippen molar-refractivity contribution in [3.05, 3.63) is 57.6 Å². The number of ether oxygens (including phenoxy) is 1. The van der Waals surface area contributed by atoms with Crippen LogP contribution in [0.15, 0.2) is 36.4 Å². The lowest BCUT2D eigenvalue weighted by atomic mass is 10.2. The van der Waals surface area contributed by atoms with Crippen LogP contribution in [0.4, 0.5) is 5.69 Å². The minimum Gasteiger partial charge on any atom is -0.545 e. The third-order valence-corrected chi connectivity index (χ3v) is 3.62. The van der Waals surface area contributed by atoms with E-state index in [0.717, 1.165) is 5.56 Å². The minimum atomic E-state index is -1.44. The molecule has 0 aromatic heterocycles. The molecule has 0 saturated heterocycles. The Morgan fingerprint density at radius 2 is 1.91 bits per heavy atom. The average molecular weight is 353 g/mol. The van der Waals surface area contributed by atoms with Crippen LogP contribution in [0.1, 0.15) is 15.9 Å². The smallest absolute Gasteiger partial charge is 0.262 e. The monoisotopic (exact) mass is 352 g/mol. The number of aromatic carboxylic acids is 1. The fourth-order valence-electron chi connectivity index (χ4n) is 1.80. The van der Waals surface area contributed by atoms with Crippen LogP contribution in [0, 0.1) is 6.92 Å². The van der Waals surface area contributed by atoms with Crippen molar-refractivity contribution in [1.29, 1.82) is 0 Å². The standard InChI is InChI=1S/C16H13Cl2NO4/c1-9-2-4-11(7-13(9)18)19-15(20)8-23-14-5-3-10(17)6-12(14)16(21)22/h2-7H,8H2,1H3,(H,19,20)(H,21,22)/p-1. The molecule has 2 aromatic rings. The number of benzene rings is 2. The molecule has 0 bridgehead atoms. The summed E-state index contributed by atoms with van der Waals surface area (Å²) in [6.07, 6.45) is 0. The molecular weight excluding hydrogens is 341 g/mol. The Morgan fingerprint density at radius 3 is 2.57 bits per heavy atom. The predicted molar refractivity (Wildman–Crippen MR) is 86.1 cm³/mol. The first-order valence-corrected chi connectivity index (χ1v) is 7.32. The highest BCUT2D eigenvalue weighted by Crippen LogP contribution is 2.23. The molecule has 23 heavy (non-hydrogen) atoms. The van der Waals surface area contributed by atoms with Gasteiger partial charge in [0.05, 0.1) is 5.97 Å². The van der Waals surface area contributed by atoms with E-state index in [1.165, 1.54) is 18.2 Å². The predicted octanol–water partition coefficient (Wildman–Crippen LogP) is 2.68. The van der Waals surface area contributed by atoms with E-state index in [0.29, 0.717) is 10.7 Å². The van der Waals surface area contributed by atoms with Crippen molar-refractivity contribution in [2.45, 2.75) is 6.92 Å². The van der Waals surface area contributed by atoms with Gasteiger partial charge < -0.3 is 20.0 Å². The summed E-state index contributed by atoms with van der Waals surface area (Å²) >= 11 is 11.7. The second-order valence-electron chi connectivity index (χ2n) is 4.73. The highest BCUT2D eigenvalue weighted by molar-refractivity contribution is 6.31. The van der Waals surface area contributed by atoms with E-state index in [1.807, 2.05) is 6.92 Å². The van der Waals surface area contributed by atoms with Gasteiger partial charge in [-0.3, -0.25) is 4.79 Å². The van der Waals surface area contributed by atoms with Crippen LogP contribution in [0.2, 0.25) is 10.0 Å². The summed E-state index contributed by atoms with van der Waals surface area (Å²) in [5.41, 5.74) is 1.19. The van der Waals surface area contributed by atoms with E-state index in [1.54, 1.807) is 18.2 Å². The average Bonchev–Trinajstić information content (AvgIpc) is 2.49. The second-order valence-corrected chi connectivity index (χ2v) is 5.57. The third-order valence-electron chi connectivity index (χ3n) is 2.98. The molecule has 1 N–H and O–H groups in total. The van der Waals surface area contributed by atoms with E-state index in [9.17, 15) is 14.7 Å². The summed E-state index contributed by atoms with van der Waals surface area (Å²) in [6.45, 7) is 1.48. The van der Waals surface area contributed by atoms with Gasteiger partial charge in [-0.25, -0.2) is 0 Å². The first kappa shape index (κ1) is 17.1. The Hall–Kier alpha value is -2.24. The van der Waals surface area contributed by atoms with Crippen LogP contribution >= 0.6 is 23.2 Å². The molecule has 0 unspecified atom stereocenters. The summed E-state index contributed by atoms with van der Waals surface area (Å²) in [5, 5.41) is 14.4. The molecule has 0 radical (unpaired) electrons. The Morgan fingerprint density at radius 1 is 1.17 bits per heavy atom. The number of halogens is 2. The molecule has 120 valence electrons. The molecule has 2 aromatic carbocycles. The number of carbonyl (C=O) groups excluding carboxylic acids is 2. The van der Waals surface area contributed by atoms with E-state index >= 15 is 0 Å². The molecule has 0 atom stereocenters. The zero-order valence-electron chi connectivity index (χ0n) is 12.1. The number of amides is 1. The lowest BCUT2D eigenvalue weighted by Crippen LogP contribution is -2.25. The van der Waals surface area contributed by atoms with Crippen LogP contribution in [0.25, 0.3) is 0 Å². The maximum atomic E-state index is 11.9. The van der Waals surface area contributed by atoms with Crippen LogP contribution in [-0.4, -0.2) is 18.5 Å². The summed E-state index contributed by atoms with van der Waals surface area (Å²) in [7, 11) is 0. The number of hydrogen-bond donors (Lipinski definition) is 1. The molecule has 0 aliphatic rings. The van der Waals surface area contributed by atoms with Crippen molar-refractivity contribution in [3.63, 3.8) is 0 Å². The zero-order chi connectivity index (χ0) is 17.0. The number of aryl methyl sites for hydroxylation is 1. The summed E-state index contributed by atoms with van der Waals surface area (Å²) < 4.78 is 5.22. The molecule has 5 nitrogen and oxygen atoms in total. The topological polar surface area (TPSA) is 78.5 Å². The van der Waals surface area contributed by atoms with Gasteiger partial charge in [0.2, 0.25) is 0 Å². The van der Waals surface area contributed by atoms with Gasteiger partial charge in [-0.2, -0.15) is 0 Å². The molecule has 0 aliphatic heterocycles. The van der Waals surface area contributed by atoms with Gasteiger partial charge in [0.25, 0.3) is 5.91 Å². The molecule has 2 rings (SSSR count). The summed E-state index contributed by atoms with van der Waals surface area (Å²) in [5.74, 6) is -1.89. The second kappa shape index (κ2) is 7.35. The number of carboxylic acids is 1. The van der Waals surface area contributed by atoms with Crippen LogP contribution in [-0.2, 0) is 4.79 Å². The molecule has 0 fully saturated rings. The quantitative estimate of drug-likeness (QED) is 0.897. The SMILES string of the molecule is Cc1ccc(NC(=O)COc2ccc(Cl)cc2C(=O)[O-])cc1Cl. The van der Waals surface area contributed by atoms with E-state index in [4.69, 9.17) is 27.9 Å². The van der Waals surface area contributed by atoms with Crippen molar-refractivity contribution in [1.82, 2.24) is 0 Å². The van der Waals surface area contributed by atoms with Gasteiger partial charge in [0, 0.05) is 21.3 Å². The highest BCUT2D eigenvalue weighted by Gasteiger charge is 2.09. The minimum absolute atomic E-state index is 0.00601. The Bertz CT molecular complexity index is 762. The Balaban J connectivity index is 2.02. The van der Waals surface area contributed by atoms with Gasteiger partial charge in [-0.1, -0.05) is 29.3 Å². The Kier molecular flexibility index (Phi) is 5.47. The van der Waals surface area contributed by atoms with Crippen molar-refractivity contribution in [2.75, 3.05) is 11.9 Å². The third kappa shape index (κ3) is 4.61. The van der Waals surface area contributed by atoms with Gasteiger partial charge in [-0.05, 0) is 42.8 Å². The maximum Gasteiger partial charge on any atom is 0.262 e. The number of carboxylic acid groups (broad SMARTS) is 1. The number of rotatable bonds is 5. The lowest BCUT2D eigenvalue weighted by Gasteiger charge is -2.13. The largest absolute Gasteiger partial charge is 0.545 e. The number of carbonyl (C=O) groups is 2. The first-order valence-electron chi connectivity index (χ1n) is 6.56. The molecular formula is C16H12Cl2NO4-. The van der Waals surface area contributed by atoms with Gasteiger partial charge >= 0.3 is 0 Å². The number of hydrogen-bond acceptors (Lipinski definition) is 4. The van der Waals surface area contributed by atoms with Crippen molar-refractivity contribution >= 4 is 40.8 Å². The van der Waals surface area contributed by atoms with Gasteiger partial charge in [-0.15, -0.1) is 0 Å². The van der Waals surface area contributed by atoms with Crippen molar-refractivity contribution < 1.29 is 19.4 Å². The summed E-state index contributed by atoms with van der Waals surface area (Å²) in [4.78, 5) is 22.9. The lowest BCUT2D eigenvalue weighted by molar-refractivity contribution is -0.255. The van der Waals surface area contributed by atoms with Crippen LogP contribution in [0.3, 0.4) is 0 Å². The van der Waals surface area contributed by atoms with Crippen LogP contribution in [0.5, 0.6) is 5.75 Å². The molecule has 0 saturated carbocycles. The van der Waals surface area contributed by atoms with Crippen LogP contribution < -0.4 is 15.2 Å². The zero-order valence-corrected chi connectivity index (χ0v) is 13.6. The molecule has 7 heteroatoms. The fourth-order valence-corrected chi connectivity index (χ4v) is 2.15. The molecule has 0 heterocycles. The van der Waals surface area contributed by atoms with Crippen molar-refractivity contribution in [3.8, 4) is 5.75 Å². The number of anilines is 1. The fraction of sp³-hybridized carbons (Fsp3) is 0.125. The van der Waals surface area contributed by atoms with Crippen molar-refractivity contribution in [2.24, 2.45) is 0 Å². The molecule has 0 spiro atoms. The number of nitrogens with one attached hydrogen (secondary N) is 1. The Labute approximate surface area is 142 Å². The molecule has 0 aliphatic carbocycles. The maximum absolute atomic E-state index is 11.9. The molecule has 1 amide bonds. The highest BCUT2D eigenvalue weighted by atomic mass is 35.5. The normalized spacial score (nSPS) is 10.2. The first-order chi connectivity index (χ1) is 10.9. The van der Waals surface area contributed by atoms with Gasteiger partial charge in [0.15, 0.2) is 6.61 Å². The van der Waals surface area contributed by atoms with Gasteiger partial charge in [0.1, 0.15) is 5.75 Å².